The highest BCUT2D eigenvalue weighted by atomic mass is 35.5. The van der Waals surface area contributed by atoms with Crippen molar-refractivity contribution < 1.29 is 51.0 Å². The van der Waals surface area contributed by atoms with Crippen molar-refractivity contribution in [2.75, 3.05) is 31.5 Å². The highest BCUT2D eigenvalue weighted by molar-refractivity contribution is 6.40. The fraction of sp³-hybridized carbons (Fsp3) is 0.451. The molecule has 23 heteroatoms. The van der Waals surface area contributed by atoms with Gasteiger partial charge in [-0.15, -0.1) is 23.2 Å². The lowest BCUT2D eigenvalue weighted by Crippen LogP contribution is -2.49. The normalized spacial score (nSPS) is 16.4. The van der Waals surface area contributed by atoms with E-state index >= 15 is 0 Å². The molecule has 6 heterocycles. The van der Waals surface area contributed by atoms with Gasteiger partial charge in [-0.25, -0.2) is 27.7 Å². The zero-order valence-electron chi connectivity index (χ0n) is 40.9. The second kappa shape index (κ2) is 27.7. The smallest absolute Gasteiger partial charge is 0.475 e. The highest BCUT2D eigenvalue weighted by Crippen LogP contribution is 2.27. The molecule has 2 aliphatic heterocycles. The number of alkyl halides is 5. The number of piperidine rings is 2. The van der Waals surface area contributed by atoms with Crippen molar-refractivity contribution >= 4 is 68.9 Å². The minimum Gasteiger partial charge on any atom is -0.475 e. The lowest BCUT2D eigenvalue weighted by Gasteiger charge is -2.37. The maximum Gasteiger partial charge on any atom is 0.490 e. The molecule has 0 saturated carbocycles. The molecule has 3 amide bonds. The fourth-order valence-electron chi connectivity index (χ4n) is 8.47. The first-order valence-corrected chi connectivity index (χ1v) is 24.6. The summed E-state index contributed by atoms with van der Waals surface area (Å²) in [6, 6.07) is 12.1. The Balaban J connectivity index is 0.000000272. The van der Waals surface area contributed by atoms with Gasteiger partial charge in [0.15, 0.2) is 0 Å². The van der Waals surface area contributed by atoms with Crippen molar-refractivity contribution in [1.82, 2.24) is 50.4 Å². The van der Waals surface area contributed by atoms with Gasteiger partial charge in [-0.2, -0.15) is 23.4 Å². The average Bonchev–Trinajstić information content (AvgIpc) is 4.01. The first kappa shape index (κ1) is 60.1. The summed E-state index contributed by atoms with van der Waals surface area (Å²) in [5.41, 5.74) is 3.15. The van der Waals surface area contributed by atoms with Gasteiger partial charge < -0.3 is 30.7 Å². The first-order valence-electron chi connectivity index (χ1n) is 23.6. The SMILES string of the molecule is C.CCC(NC(=O)c1cncc2c1cnn2-c1ccc(F)cc1)C1CCCN(C(=O)OC(C)(C)C)C1.CCC(NC(=O)c1cncc2c1cnn2-c1ccc(F)cc1)C1CCCNC1.ClCCl.O=C(O)C(F)(F)F. The van der Waals surface area contributed by atoms with Crippen molar-refractivity contribution in [2.45, 2.75) is 104 Å². The summed E-state index contributed by atoms with van der Waals surface area (Å²) < 4.78 is 67.1. The van der Waals surface area contributed by atoms with Gasteiger partial charge in [0.1, 0.15) is 17.2 Å². The van der Waals surface area contributed by atoms with Crippen molar-refractivity contribution in [2.24, 2.45) is 11.8 Å². The molecule has 402 valence electrons. The average molecular weight is 1080 g/mol. The molecule has 0 spiro atoms. The molecule has 6 aromatic rings. The zero-order chi connectivity index (χ0) is 53.5. The minimum atomic E-state index is -5.08. The fourth-order valence-corrected chi connectivity index (χ4v) is 8.47. The Morgan fingerprint density at radius 2 is 1.18 bits per heavy atom. The van der Waals surface area contributed by atoms with E-state index in [4.69, 9.17) is 37.8 Å². The molecule has 4 N–H and O–H groups in total. The number of carboxylic acids is 1. The van der Waals surface area contributed by atoms with Gasteiger partial charge >= 0.3 is 18.2 Å². The Bertz CT molecular complexity index is 2770. The Morgan fingerprint density at radius 3 is 1.57 bits per heavy atom. The predicted octanol–water partition coefficient (Wildman–Crippen LogP) is 10.5. The van der Waals surface area contributed by atoms with Gasteiger partial charge in [-0.05, 0) is 133 Å². The summed E-state index contributed by atoms with van der Waals surface area (Å²) >= 11 is 9.53. The third kappa shape index (κ3) is 16.5. The van der Waals surface area contributed by atoms with Gasteiger partial charge in [0.05, 0.1) is 63.7 Å². The number of pyridine rings is 2. The van der Waals surface area contributed by atoms with Crippen LogP contribution in [0.5, 0.6) is 0 Å². The van der Waals surface area contributed by atoms with Gasteiger partial charge in [-0.3, -0.25) is 19.6 Å². The van der Waals surface area contributed by atoms with Crippen LogP contribution in [0.3, 0.4) is 0 Å². The number of amides is 3. The Morgan fingerprint density at radius 1 is 0.743 bits per heavy atom. The number of carbonyl (C=O) groups excluding carboxylic acids is 3. The zero-order valence-corrected chi connectivity index (χ0v) is 42.4. The summed E-state index contributed by atoms with van der Waals surface area (Å²) in [6.07, 6.45) is 9.98. The number of fused-ring (bicyclic) bond motifs is 2. The lowest BCUT2D eigenvalue weighted by atomic mass is 9.89. The van der Waals surface area contributed by atoms with Crippen LogP contribution in [0.25, 0.3) is 33.2 Å². The first-order chi connectivity index (χ1) is 34.7. The van der Waals surface area contributed by atoms with Gasteiger partial charge in [0, 0.05) is 48.3 Å². The van der Waals surface area contributed by atoms with Crippen LogP contribution in [-0.2, 0) is 9.53 Å². The van der Waals surface area contributed by atoms with E-state index < -0.39 is 17.7 Å². The van der Waals surface area contributed by atoms with Crippen molar-refractivity contribution in [3.63, 3.8) is 0 Å². The largest absolute Gasteiger partial charge is 0.490 e. The summed E-state index contributed by atoms with van der Waals surface area (Å²) in [5, 5.41) is 27.3. The number of aromatic nitrogens is 6. The van der Waals surface area contributed by atoms with E-state index in [9.17, 15) is 36.3 Å². The van der Waals surface area contributed by atoms with Crippen LogP contribution in [0, 0.1) is 23.5 Å². The van der Waals surface area contributed by atoms with E-state index in [2.05, 4.69) is 43.0 Å². The number of likely N-dealkylation sites (tertiary alicyclic amines) is 1. The van der Waals surface area contributed by atoms with Crippen LogP contribution in [0.1, 0.15) is 101 Å². The van der Waals surface area contributed by atoms with E-state index in [0.717, 1.165) is 62.7 Å². The second-order valence-electron chi connectivity index (χ2n) is 18.1. The second-order valence-corrected chi connectivity index (χ2v) is 18.9. The molecule has 16 nitrogen and oxygen atoms in total. The van der Waals surface area contributed by atoms with Gasteiger partial charge in [0.2, 0.25) is 0 Å². The maximum absolute atomic E-state index is 13.3. The topological polar surface area (TPSA) is 198 Å². The number of carboxylic acid groups (broad SMARTS) is 1. The summed E-state index contributed by atoms with van der Waals surface area (Å²) in [4.78, 5) is 58.0. The molecule has 8 rings (SSSR count). The highest BCUT2D eigenvalue weighted by Gasteiger charge is 2.38. The Hall–Kier alpha value is -6.45. The summed E-state index contributed by atoms with van der Waals surface area (Å²) in [5.74, 6) is -3.19. The number of hydrogen-bond donors (Lipinski definition) is 4. The van der Waals surface area contributed by atoms with Crippen molar-refractivity contribution in [1.29, 1.82) is 0 Å². The number of carbonyl (C=O) groups is 4. The minimum absolute atomic E-state index is 0. The molecule has 2 saturated heterocycles. The molecule has 0 radical (unpaired) electrons. The van der Waals surface area contributed by atoms with E-state index in [1.54, 1.807) is 69.5 Å². The molecule has 2 aromatic carbocycles. The molecule has 0 bridgehead atoms. The van der Waals surface area contributed by atoms with Crippen LogP contribution in [0.2, 0.25) is 0 Å². The molecule has 2 fully saturated rings. The van der Waals surface area contributed by atoms with E-state index in [1.165, 1.54) is 30.5 Å². The molecule has 2 aliphatic rings. The van der Waals surface area contributed by atoms with Crippen LogP contribution in [-0.4, -0.2) is 119 Å². The number of nitrogens with zero attached hydrogens (tertiary/aromatic N) is 7. The van der Waals surface area contributed by atoms with Crippen LogP contribution in [0.4, 0.5) is 26.7 Å². The summed E-state index contributed by atoms with van der Waals surface area (Å²) in [7, 11) is 0. The molecular weight excluding hydrogens is 1010 g/mol. The predicted molar refractivity (Wildman–Crippen MR) is 274 cm³/mol. The molecule has 74 heavy (non-hydrogen) atoms. The van der Waals surface area contributed by atoms with E-state index in [0.29, 0.717) is 52.2 Å². The number of rotatable bonds is 10. The van der Waals surface area contributed by atoms with Crippen molar-refractivity contribution in [3.05, 3.63) is 108 Å². The molecule has 4 unspecified atom stereocenters. The standard InChI is InChI=1S/C26H32FN5O3.C21H24FN5O.C2HF3O2.CH2Cl2.CH4/c1-5-22(17-7-6-12-31(16-17)25(34)35-26(2,3)4)30-24(33)21-13-28-15-23-20(21)14-29-32(23)19-10-8-18(27)9-11-19;1-2-19(14-4-3-9-23-10-14)26-21(28)18-11-24-13-20-17(18)12-25-27(20)16-7-5-15(22)6-8-16;3-2(4,5)1(6)7;2-1-3;/h8-11,13-15,17,22H,5-7,12,16H2,1-4H3,(H,30,33);5-8,11-14,19,23H,2-4,9-10H2,1H3,(H,26,28);(H,6,7);1H2;1H4. The Labute approximate surface area is 436 Å². The third-order valence-electron chi connectivity index (χ3n) is 12.0. The molecule has 4 atom stereocenters. The van der Waals surface area contributed by atoms with E-state index in [-0.39, 0.29) is 60.3 Å². The molecule has 0 aliphatic carbocycles. The number of halogens is 7. The summed E-state index contributed by atoms with van der Waals surface area (Å²) in [6.45, 7) is 12.9. The van der Waals surface area contributed by atoms with Crippen LogP contribution < -0.4 is 16.0 Å². The quantitative estimate of drug-likeness (QED) is 0.0752. The van der Waals surface area contributed by atoms with E-state index in [1.807, 2.05) is 27.7 Å². The lowest BCUT2D eigenvalue weighted by molar-refractivity contribution is -0.192. The molecule has 4 aromatic heterocycles. The number of nitrogens with one attached hydrogen (secondary N) is 3. The van der Waals surface area contributed by atoms with Gasteiger partial charge in [0.25, 0.3) is 11.8 Å². The van der Waals surface area contributed by atoms with Crippen LogP contribution in [0.15, 0.2) is 85.7 Å². The number of benzene rings is 2. The van der Waals surface area contributed by atoms with Crippen molar-refractivity contribution in [3.8, 4) is 11.4 Å². The monoisotopic (exact) mass is 1080 g/mol. The number of hydrogen-bond acceptors (Lipinski definition) is 10. The molecular formula is C51H63Cl2F5N10O6. The number of aliphatic carboxylic acids is 1. The maximum atomic E-state index is 13.3. The van der Waals surface area contributed by atoms with Crippen LogP contribution >= 0.6 is 23.2 Å². The number of ether oxygens (including phenoxy) is 1. The van der Waals surface area contributed by atoms with Gasteiger partial charge in [-0.1, -0.05) is 21.3 Å². The third-order valence-corrected chi connectivity index (χ3v) is 12.0. The Kier molecular flexibility index (Phi) is 22.5.